The lowest BCUT2D eigenvalue weighted by Gasteiger charge is -2.13. The summed E-state index contributed by atoms with van der Waals surface area (Å²) >= 11 is 0. The Morgan fingerprint density at radius 3 is 1.75 bits per heavy atom. The van der Waals surface area contributed by atoms with Crippen molar-refractivity contribution >= 4 is 23.2 Å². The summed E-state index contributed by atoms with van der Waals surface area (Å²) in [6, 6.07) is 12.4. The Morgan fingerprint density at radius 1 is 0.750 bits per heavy atom. The van der Waals surface area contributed by atoms with Crippen LogP contribution in [-0.2, 0) is 0 Å². The molecule has 3 aromatic rings. The van der Waals surface area contributed by atoms with Crippen LogP contribution >= 0.6 is 0 Å². The van der Waals surface area contributed by atoms with E-state index in [1.54, 1.807) is 12.1 Å². The molecule has 2 N–H and O–H groups in total. The van der Waals surface area contributed by atoms with Crippen LogP contribution < -0.4 is 24.8 Å². The second-order valence-electron chi connectivity index (χ2n) is 7.80. The first-order valence-electron chi connectivity index (χ1n) is 11.5. The molecule has 0 saturated heterocycles. The normalized spacial score (nSPS) is 10.5. The summed E-state index contributed by atoms with van der Waals surface area (Å²) in [7, 11) is 1.36. The molecule has 0 aliphatic carbocycles. The number of carbonyl (C=O) groups is 2. The zero-order chi connectivity index (χ0) is 26.1. The summed E-state index contributed by atoms with van der Waals surface area (Å²) in [6.45, 7) is 4.76. The minimum absolute atomic E-state index is 0.000329. The first-order valence-corrected chi connectivity index (χ1v) is 11.5. The topological polar surface area (TPSA) is 85.9 Å². The molecule has 0 spiro atoms. The number of amides is 2. The van der Waals surface area contributed by atoms with Crippen LogP contribution in [0.2, 0.25) is 0 Å². The van der Waals surface area contributed by atoms with Gasteiger partial charge in [0.25, 0.3) is 11.8 Å². The van der Waals surface area contributed by atoms with Crippen molar-refractivity contribution in [1.82, 2.24) is 0 Å². The number of benzene rings is 3. The first kappa shape index (κ1) is 26.5. The molecule has 3 aromatic carbocycles. The lowest BCUT2D eigenvalue weighted by molar-refractivity contribution is 0.102. The van der Waals surface area contributed by atoms with Gasteiger partial charge in [-0.3, -0.25) is 9.59 Å². The molecule has 0 radical (unpaired) electrons. The Morgan fingerprint density at radius 2 is 1.28 bits per heavy atom. The van der Waals surface area contributed by atoms with Gasteiger partial charge in [0.15, 0.2) is 0 Å². The van der Waals surface area contributed by atoms with E-state index in [1.165, 1.54) is 49.6 Å². The van der Waals surface area contributed by atoms with Gasteiger partial charge in [0, 0.05) is 17.7 Å². The van der Waals surface area contributed by atoms with Crippen LogP contribution in [-0.4, -0.2) is 32.1 Å². The summed E-state index contributed by atoms with van der Waals surface area (Å²) in [4.78, 5) is 25.7. The zero-order valence-corrected chi connectivity index (χ0v) is 20.3. The van der Waals surface area contributed by atoms with Crippen LogP contribution in [0.5, 0.6) is 17.2 Å². The Hall–Kier alpha value is -4.14. The number of methoxy groups -OCH3 is 1. The molecule has 0 bridgehead atoms. The van der Waals surface area contributed by atoms with E-state index >= 15 is 0 Å². The molecule has 0 unspecified atom stereocenters. The highest BCUT2D eigenvalue weighted by Gasteiger charge is 2.19. The second-order valence-corrected chi connectivity index (χ2v) is 7.80. The van der Waals surface area contributed by atoms with Crippen molar-refractivity contribution in [3.8, 4) is 17.2 Å². The number of hydrogen-bond donors (Lipinski definition) is 2. The highest BCUT2D eigenvalue weighted by atomic mass is 19.1. The third kappa shape index (κ3) is 6.71. The Kier molecular flexibility index (Phi) is 9.21. The van der Waals surface area contributed by atoms with Gasteiger partial charge in [0.05, 0.1) is 37.3 Å². The summed E-state index contributed by atoms with van der Waals surface area (Å²) in [5.74, 6) is -1.79. The van der Waals surface area contributed by atoms with Crippen molar-refractivity contribution in [3.63, 3.8) is 0 Å². The van der Waals surface area contributed by atoms with Gasteiger partial charge in [-0.2, -0.15) is 0 Å². The lowest BCUT2D eigenvalue weighted by Crippen LogP contribution is -2.17. The van der Waals surface area contributed by atoms with Crippen LogP contribution in [0.3, 0.4) is 0 Å². The fourth-order valence-corrected chi connectivity index (χ4v) is 3.22. The highest BCUT2D eigenvalue weighted by molar-refractivity contribution is 6.10. The maximum Gasteiger partial charge on any atom is 0.259 e. The van der Waals surface area contributed by atoms with E-state index in [-0.39, 0.29) is 28.3 Å². The zero-order valence-electron chi connectivity index (χ0n) is 20.3. The van der Waals surface area contributed by atoms with E-state index in [1.807, 2.05) is 13.8 Å². The van der Waals surface area contributed by atoms with E-state index in [2.05, 4.69) is 10.6 Å². The third-order valence-electron chi connectivity index (χ3n) is 5.03. The molecule has 3 rings (SSSR count). The van der Waals surface area contributed by atoms with Crippen molar-refractivity contribution in [2.24, 2.45) is 0 Å². The monoisotopic (exact) mass is 498 g/mol. The van der Waals surface area contributed by atoms with E-state index in [4.69, 9.17) is 14.2 Å². The van der Waals surface area contributed by atoms with Crippen molar-refractivity contribution in [2.45, 2.75) is 26.7 Å². The third-order valence-corrected chi connectivity index (χ3v) is 5.03. The van der Waals surface area contributed by atoms with Crippen molar-refractivity contribution < 1.29 is 32.6 Å². The summed E-state index contributed by atoms with van der Waals surface area (Å²) in [6.07, 6.45) is 1.55. The fraction of sp³-hybridized carbons (Fsp3) is 0.259. The highest BCUT2D eigenvalue weighted by Crippen LogP contribution is 2.26. The van der Waals surface area contributed by atoms with E-state index in [9.17, 15) is 18.4 Å². The molecule has 190 valence electrons. The lowest BCUT2D eigenvalue weighted by atomic mass is 10.1. The maximum absolute atomic E-state index is 14.5. The van der Waals surface area contributed by atoms with Crippen LogP contribution in [0, 0.1) is 11.6 Å². The van der Waals surface area contributed by atoms with Gasteiger partial charge < -0.3 is 24.8 Å². The fourth-order valence-electron chi connectivity index (χ4n) is 3.22. The Labute approximate surface area is 208 Å². The van der Waals surface area contributed by atoms with Crippen molar-refractivity contribution in [3.05, 3.63) is 77.4 Å². The summed E-state index contributed by atoms with van der Waals surface area (Å²) in [5, 5.41) is 4.96. The molecular weight excluding hydrogens is 470 g/mol. The molecule has 0 aliphatic rings. The SMILES string of the molecule is CCCOc1ccc(NC(=O)c2ccc(OC)c(C(=O)Nc3ccc(OCCC)cc3F)c2)c(F)c1. The van der Waals surface area contributed by atoms with E-state index in [0.29, 0.717) is 24.7 Å². The molecule has 0 heterocycles. The Balaban J connectivity index is 1.77. The number of hydrogen-bond acceptors (Lipinski definition) is 5. The van der Waals surface area contributed by atoms with Crippen molar-refractivity contribution in [2.75, 3.05) is 31.0 Å². The van der Waals surface area contributed by atoms with E-state index < -0.39 is 23.4 Å². The quantitative estimate of drug-likeness (QED) is 0.336. The van der Waals surface area contributed by atoms with Gasteiger partial charge in [-0.15, -0.1) is 0 Å². The minimum Gasteiger partial charge on any atom is -0.496 e. The average Bonchev–Trinajstić information content (AvgIpc) is 2.88. The number of carbonyl (C=O) groups excluding carboxylic acids is 2. The molecule has 7 nitrogen and oxygen atoms in total. The van der Waals surface area contributed by atoms with Gasteiger partial charge in [-0.05, 0) is 55.3 Å². The number of anilines is 2. The summed E-state index contributed by atoms with van der Waals surface area (Å²) < 4.78 is 44.9. The largest absolute Gasteiger partial charge is 0.496 e. The van der Waals surface area contributed by atoms with E-state index in [0.717, 1.165) is 12.8 Å². The second kappa shape index (κ2) is 12.5. The molecule has 9 heteroatoms. The van der Waals surface area contributed by atoms with Crippen LogP contribution in [0.15, 0.2) is 54.6 Å². The maximum atomic E-state index is 14.5. The Bertz CT molecular complexity index is 1230. The first-order chi connectivity index (χ1) is 17.4. The molecule has 0 atom stereocenters. The van der Waals surface area contributed by atoms with Crippen molar-refractivity contribution in [1.29, 1.82) is 0 Å². The average molecular weight is 499 g/mol. The molecular formula is C27H28F2N2O5. The summed E-state index contributed by atoms with van der Waals surface area (Å²) in [5.41, 5.74) is -0.0265. The minimum atomic E-state index is -0.689. The molecule has 0 saturated carbocycles. The molecule has 36 heavy (non-hydrogen) atoms. The van der Waals surface area contributed by atoms with Gasteiger partial charge in [-0.1, -0.05) is 13.8 Å². The predicted molar refractivity (Wildman–Crippen MR) is 133 cm³/mol. The predicted octanol–water partition coefficient (Wildman–Crippen LogP) is 6.06. The molecule has 0 aromatic heterocycles. The number of halogens is 2. The van der Waals surface area contributed by atoms with Crippen LogP contribution in [0.1, 0.15) is 47.4 Å². The number of nitrogens with one attached hydrogen (secondary N) is 2. The number of ether oxygens (including phenoxy) is 3. The van der Waals surface area contributed by atoms with Crippen LogP contribution in [0.25, 0.3) is 0 Å². The van der Waals surface area contributed by atoms with Gasteiger partial charge in [0.2, 0.25) is 0 Å². The van der Waals surface area contributed by atoms with Gasteiger partial charge >= 0.3 is 0 Å². The van der Waals surface area contributed by atoms with Gasteiger partial charge in [0.1, 0.15) is 28.9 Å². The molecule has 0 aliphatic heterocycles. The smallest absolute Gasteiger partial charge is 0.259 e. The molecule has 0 fully saturated rings. The van der Waals surface area contributed by atoms with Gasteiger partial charge in [-0.25, -0.2) is 8.78 Å². The molecule has 2 amide bonds. The van der Waals surface area contributed by atoms with Crippen LogP contribution in [0.4, 0.5) is 20.2 Å². The standard InChI is InChI=1S/C27H28F2N2O5/c1-4-12-35-18-7-9-23(21(28)15-18)30-26(32)17-6-11-25(34-3)20(14-17)27(33)31-24-10-8-19(16-22(24)29)36-13-5-2/h6-11,14-16H,4-5,12-13H2,1-3H3,(H,30,32)(H,31,33). The number of rotatable bonds is 11.